The van der Waals surface area contributed by atoms with E-state index in [4.69, 9.17) is 21.8 Å². The maximum absolute atomic E-state index is 12.1. The summed E-state index contributed by atoms with van der Waals surface area (Å²) in [7, 11) is 0. The van der Waals surface area contributed by atoms with Crippen molar-refractivity contribution < 1.29 is 14.0 Å². The minimum absolute atomic E-state index is 0.187. The van der Waals surface area contributed by atoms with E-state index in [1.54, 1.807) is 11.0 Å². The van der Waals surface area contributed by atoms with Crippen LogP contribution < -0.4 is 5.73 Å². The molecule has 1 aromatic heterocycles. The molecule has 18 heavy (non-hydrogen) atoms. The van der Waals surface area contributed by atoms with Gasteiger partial charge in [0.1, 0.15) is 0 Å². The van der Waals surface area contributed by atoms with Gasteiger partial charge in [0.05, 0.1) is 0 Å². The molecule has 3 amide bonds. The van der Waals surface area contributed by atoms with E-state index in [0.717, 1.165) is 0 Å². The molecule has 0 spiro atoms. The summed E-state index contributed by atoms with van der Waals surface area (Å²) in [4.78, 5) is 26.3. The van der Waals surface area contributed by atoms with E-state index >= 15 is 0 Å². The van der Waals surface area contributed by atoms with Gasteiger partial charge in [-0.25, -0.2) is 4.79 Å². The summed E-state index contributed by atoms with van der Waals surface area (Å²) >= 11 is 5.63. The van der Waals surface area contributed by atoms with Gasteiger partial charge in [0, 0.05) is 26.2 Å². The Kier molecular flexibility index (Phi) is 3.76. The number of amides is 3. The Bertz CT molecular complexity index is 460. The van der Waals surface area contributed by atoms with Gasteiger partial charge in [0.25, 0.3) is 5.91 Å². The Morgan fingerprint density at radius 1 is 1.17 bits per heavy atom. The monoisotopic (exact) mass is 271 g/mol. The van der Waals surface area contributed by atoms with Crippen molar-refractivity contribution in [1.29, 1.82) is 0 Å². The summed E-state index contributed by atoms with van der Waals surface area (Å²) in [6.45, 7) is 2.02. The number of hydrogen-bond donors (Lipinski definition) is 1. The Balaban J connectivity index is 2.02. The van der Waals surface area contributed by atoms with Crippen LogP contribution in [0.3, 0.4) is 0 Å². The second-order valence-electron chi connectivity index (χ2n) is 4.07. The largest absolute Gasteiger partial charge is 0.440 e. The van der Waals surface area contributed by atoms with Crippen molar-refractivity contribution in [3.63, 3.8) is 0 Å². The molecule has 0 atom stereocenters. The fraction of sp³-hybridized carbons (Fsp3) is 0.455. The lowest BCUT2D eigenvalue weighted by atomic mass is 10.3. The lowest BCUT2D eigenvalue weighted by Gasteiger charge is -2.19. The van der Waals surface area contributed by atoms with Crippen LogP contribution >= 0.6 is 11.6 Å². The highest BCUT2D eigenvalue weighted by molar-refractivity contribution is 6.29. The Morgan fingerprint density at radius 3 is 2.44 bits per heavy atom. The van der Waals surface area contributed by atoms with Crippen LogP contribution in [0.15, 0.2) is 16.5 Å². The average Bonchev–Trinajstić information content (AvgIpc) is 2.63. The molecule has 0 aromatic carbocycles. The third-order valence-corrected chi connectivity index (χ3v) is 3.08. The molecule has 1 aliphatic heterocycles. The van der Waals surface area contributed by atoms with E-state index in [9.17, 15) is 9.59 Å². The highest BCUT2D eigenvalue weighted by Gasteiger charge is 2.23. The number of primary amides is 1. The van der Waals surface area contributed by atoms with Crippen molar-refractivity contribution in [3.05, 3.63) is 23.1 Å². The first-order valence-corrected chi connectivity index (χ1v) is 6.04. The molecule has 0 radical (unpaired) electrons. The summed E-state index contributed by atoms with van der Waals surface area (Å²) in [6.07, 6.45) is 0.698. The number of halogens is 1. The van der Waals surface area contributed by atoms with Gasteiger partial charge in [0.15, 0.2) is 11.0 Å². The van der Waals surface area contributed by atoms with Crippen molar-refractivity contribution >= 4 is 23.5 Å². The molecule has 1 saturated heterocycles. The highest BCUT2D eigenvalue weighted by Crippen LogP contribution is 2.16. The Hall–Kier alpha value is -1.69. The average molecular weight is 272 g/mol. The minimum atomic E-state index is -0.453. The van der Waals surface area contributed by atoms with Gasteiger partial charge in [-0.1, -0.05) is 0 Å². The number of hydrogen-bond acceptors (Lipinski definition) is 3. The van der Waals surface area contributed by atoms with Gasteiger partial charge in [-0.2, -0.15) is 0 Å². The molecule has 2 N–H and O–H groups in total. The lowest BCUT2D eigenvalue weighted by Crippen LogP contribution is -2.39. The van der Waals surface area contributed by atoms with Crippen LogP contribution in [0.5, 0.6) is 0 Å². The maximum atomic E-state index is 12.1. The van der Waals surface area contributed by atoms with E-state index in [-0.39, 0.29) is 16.9 Å². The predicted molar refractivity (Wildman–Crippen MR) is 65.4 cm³/mol. The van der Waals surface area contributed by atoms with Crippen molar-refractivity contribution in [2.75, 3.05) is 26.2 Å². The first kappa shape index (κ1) is 12.8. The molecule has 1 fully saturated rings. The fourth-order valence-corrected chi connectivity index (χ4v) is 2.07. The number of carbonyl (C=O) groups excluding carboxylic acids is 2. The molecule has 1 aliphatic rings. The standard InChI is InChI=1S/C11H14ClN3O3/c12-9-3-2-8(18-9)10(16)14-4-1-5-15(7-6-14)11(13)17/h2-3H,1,4-7H2,(H2,13,17). The molecule has 0 aliphatic carbocycles. The smallest absolute Gasteiger partial charge is 0.314 e. The number of urea groups is 1. The molecule has 0 unspecified atom stereocenters. The van der Waals surface area contributed by atoms with Crippen LogP contribution in [0.2, 0.25) is 5.22 Å². The highest BCUT2D eigenvalue weighted by atomic mass is 35.5. The third kappa shape index (κ3) is 2.76. The number of nitrogens with two attached hydrogens (primary N) is 1. The molecule has 1 aromatic rings. The zero-order chi connectivity index (χ0) is 13.1. The summed E-state index contributed by atoms with van der Waals surface area (Å²) < 4.78 is 5.08. The first-order valence-electron chi connectivity index (χ1n) is 5.67. The van der Waals surface area contributed by atoms with Crippen molar-refractivity contribution in [2.45, 2.75) is 6.42 Å². The molecule has 2 heterocycles. The molecular weight excluding hydrogens is 258 g/mol. The predicted octanol–water partition coefficient (Wildman–Crippen LogP) is 1.16. The number of rotatable bonds is 1. The van der Waals surface area contributed by atoms with Gasteiger partial charge in [-0.3, -0.25) is 4.79 Å². The van der Waals surface area contributed by atoms with Gasteiger partial charge in [-0.05, 0) is 30.2 Å². The minimum Gasteiger partial charge on any atom is -0.440 e. The molecule has 0 bridgehead atoms. The normalized spacial score (nSPS) is 16.5. The zero-order valence-corrected chi connectivity index (χ0v) is 10.5. The Morgan fingerprint density at radius 2 is 1.83 bits per heavy atom. The van der Waals surface area contributed by atoms with Crippen LogP contribution in [0.4, 0.5) is 4.79 Å². The molecule has 6 nitrogen and oxygen atoms in total. The van der Waals surface area contributed by atoms with E-state index in [1.807, 2.05) is 0 Å². The summed E-state index contributed by atoms with van der Waals surface area (Å²) in [5.41, 5.74) is 5.22. The second kappa shape index (κ2) is 5.30. The number of carbonyl (C=O) groups is 2. The topological polar surface area (TPSA) is 79.8 Å². The third-order valence-electron chi connectivity index (χ3n) is 2.88. The van der Waals surface area contributed by atoms with Crippen LogP contribution in [0, 0.1) is 0 Å². The van der Waals surface area contributed by atoms with Gasteiger partial charge >= 0.3 is 6.03 Å². The molecule has 2 rings (SSSR count). The molecular formula is C11H14ClN3O3. The van der Waals surface area contributed by atoms with Crippen molar-refractivity contribution in [1.82, 2.24) is 9.80 Å². The van der Waals surface area contributed by atoms with Crippen LogP contribution in [-0.4, -0.2) is 47.9 Å². The zero-order valence-electron chi connectivity index (χ0n) is 9.76. The van der Waals surface area contributed by atoms with E-state index in [1.165, 1.54) is 11.0 Å². The summed E-state index contributed by atoms with van der Waals surface area (Å²) in [5, 5.41) is 0.187. The van der Waals surface area contributed by atoms with Crippen LogP contribution in [0.25, 0.3) is 0 Å². The molecule has 7 heteroatoms. The summed E-state index contributed by atoms with van der Waals surface area (Å²) in [6, 6.07) is 2.62. The van der Waals surface area contributed by atoms with Crippen molar-refractivity contribution in [2.24, 2.45) is 5.73 Å². The van der Waals surface area contributed by atoms with Crippen LogP contribution in [-0.2, 0) is 0 Å². The summed E-state index contributed by atoms with van der Waals surface area (Å²) in [5.74, 6) is 0.000690. The lowest BCUT2D eigenvalue weighted by molar-refractivity contribution is 0.0731. The Labute approximate surface area is 109 Å². The van der Waals surface area contributed by atoms with Gasteiger partial charge in [0.2, 0.25) is 0 Å². The van der Waals surface area contributed by atoms with E-state index in [2.05, 4.69) is 0 Å². The first-order chi connectivity index (χ1) is 8.58. The quantitative estimate of drug-likeness (QED) is 0.832. The maximum Gasteiger partial charge on any atom is 0.314 e. The van der Waals surface area contributed by atoms with Crippen LogP contribution in [0.1, 0.15) is 17.0 Å². The number of furan rings is 1. The molecule has 98 valence electrons. The fourth-order valence-electron chi connectivity index (χ4n) is 1.93. The van der Waals surface area contributed by atoms with Crippen molar-refractivity contribution in [3.8, 4) is 0 Å². The second-order valence-corrected chi connectivity index (χ2v) is 4.45. The number of nitrogens with zero attached hydrogens (tertiary/aromatic N) is 2. The van der Waals surface area contributed by atoms with Gasteiger partial charge < -0.3 is 20.0 Å². The van der Waals surface area contributed by atoms with Gasteiger partial charge in [-0.15, -0.1) is 0 Å². The van der Waals surface area contributed by atoms with E-state index in [0.29, 0.717) is 32.6 Å². The SMILES string of the molecule is NC(=O)N1CCCN(C(=O)c2ccc(Cl)o2)CC1. The van der Waals surface area contributed by atoms with E-state index < -0.39 is 6.03 Å². The molecule has 0 saturated carbocycles.